The van der Waals surface area contributed by atoms with Crippen LogP contribution in [0.2, 0.25) is 9.63 Å². The summed E-state index contributed by atoms with van der Waals surface area (Å²) in [5.41, 5.74) is 5.51. The van der Waals surface area contributed by atoms with Crippen molar-refractivity contribution < 1.29 is 0 Å². The summed E-state index contributed by atoms with van der Waals surface area (Å²) in [6, 6.07) is 39.5. The van der Waals surface area contributed by atoms with E-state index in [0.717, 1.165) is 0 Å². The van der Waals surface area contributed by atoms with Gasteiger partial charge in [0.05, 0.1) is 0 Å². The Morgan fingerprint density at radius 3 is 1.11 bits per heavy atom. The van der Waals surface area contributed by atoms with Crippen LogP contribution < -0.4 is 8.92 Å². The van der Waals surface area contributed by atoms with Gasteiger partial charge in [-0.3, -0.25) is 0 Å². The fourth-order valence-electron chi connectivity index (χ4n) is 4.52. The predicted molar refractivity (Wildman–Crippen MR) is 180 cm³/mol. The van der Waals surface area contributed by atoms with Gasteiger partial charge in [0.1, 0.15) is 0 Å². The predicted octanol–water partition coefficient (Wildman–Crippen LogP) is 8.79. The number of halogens is 4. The molecule has 0 heterocycles. The van der Waals surface area contributed by atoms with E-state index in [2.05, 4.69) is 187 Å². The van der Waals surface area contributed by atoms with Gasteiger partial charge in [-0.05, 0) is 0 Å². The van der Waals surface area contributed by atoms with Crippen molar-refractivity contribution in [3.05, 3.63) is 131 Å². The molecular weight excluding hydrogens is 862 g/mol. The average Bonchev–Trinajstić information content (AvgIpc) is 3.67. The summed E-state index contributed by atoms with van der Waals surface area (Å²) >= 11 is 16.4. The Kier molecular flexibility index (Phi) is 9.55. The number of alkyl halides is 4. The molecule has 6 heteroatoms. The molecule has 38 heavy (non-hydrogen) atoms. The summed E-state index contributed by atoms with van der Waals surface area (Å²) in [5, 5.41) is 0. The van der Waals surface area contributed by atoms with Crippen LogP contribution in [0.3, 0.4) is 0 Å². The van der Waals surface area contributed by atoms with Crippen LogP contribution in [-0.2, 0) is 0 Å². The fourth-order valence-corrected chi connectivity index (χ4v) is 16.3. The second-order valence-corrected chi connectivity index (χ2v) is 22.3. The number of rotatable bonds is 6. The molecule has 2 fully saturated rings. The summed E-state index contributed by atoms with van der Waals surface area (Å²) in [5.74, 6) is 1.15. The Labute approximate surface area is 273 Å². The molecular formula is C32H28Br4Se2. The molecule has 0 aliphatic heterocycles. The van der Waals surface area contributed by atoms with Crippen molar-refractivity contribution in [2.24, 2.45) is 0 Å². The van der Waals surface area contributed by atoms with Crippen LogP contribution in [0.25, 0.3) is 0 Å². The zero-order valence-corrected chi connectivity index (χ0v) is 30.8. The maximum absolute atomic E-state index is 3.86. The topological polar surface area (TPSA) is 0 Å². The molecule has 2 saturated carbocycles. The van der Waals surface area contributed by atoms with Gasteiger partial charge in [-0.1, -0.05) is 0 Å². The number of hydrogen-bond donors (Lipinski definition) is 0. The van der Waals surface area contributed by atoms with Gasteiger partial charge < -0.3 is 0 Å². The molecule has 0 aromatic heterocycles. The van der Waals surface area contributed by atoms with Crippen LogP contribution in [0.1, 0.15) is 34.1 Å². The van der Waals surface area contributed by atoms with Crippen molar-refractivity contribution in [2.75, 3.05) is 0 Å². The van der Waals surface area contributed by atoms with Crippen molar-refractivity contribution in [1.82, 2.24) is 0 Å². The Bertz CT molecular complexity index is 1230. The molecule has 196 valence electrons. The minimum absolute atomic E-state index is 0.0884. The molecule has 4 aromatic rings. The molecule has 0 bridgehead atoms. The zero-order valence-electron chi connectivity index (χ0n) is 21.0. The van der Waals surface area contributed by atoms with Crippen molar-refractivity contribution >= 4 is 103 Å². The van der Waals surface area contributed by atoms with Crippen LogP contribution in [0.5, 0.6) is 0 Å². The van der Waals surface area contributed by atoms with E-state index in [1.165, 1.54) is 31.2 Å². The van der Waals surface area contributed by atoms with E-state index < -0.39 is 0 Å². The van der Waals surface area contributed by atoms with Crippen molar-refractivity contribution in [3.8, 4) is 0 Å². The first-order valence-electron chi connectivity index (χ1n) is 12.5. The van der Waals surface area contributed by atoms with Gasteiger partial charge in [0, 0.05) is 0 Å². The van der Waals surface area contributed by atoms with Gasteiger partial charge in [-0.15, -0.1) is 0 Å². The Morgan fingerprint density at radius 2 is 0.789 bits per heavy atom. The van der Waals surface area contributed by atoms with Gasteiger partial charge in [0.2, 0.25) is 0 Å². The summed E-state index contributed by atoms with van der Waals surface area (Å²) in [7, 11) is 0. The van der Waals surface area contributed by atoms with Crippen molar-refractivity contribution in [2.45, 2.75) is 41.8 Å². The maximum atomic E-state index is 3.86. The first-order chi connectivity index (χ1) is 18.2. The van der Waals surface area contributed by atoms with E-state index in [1.54, 1.807) is 0 Å². The Morgan fingerprint density at radius 1 is 0.474 bits per heavy atom. The molecule has 0 N–H and O–H groups in total. The molecule has 2 aliphatic carbocycles. The van der Waals surface area contributed by atoms with E-state index in [4.69, 9.17) is 0 Å². The van der Waals surface area contributed by atoms with Crippen molar-refractivity contribution in [3.63, 3.8) is 0 Å². The molecule has 0 unspecified atom stereocenters. The molecule has 4 atom stereocenters. The fraction of sp³-hybridized carbons (Fsp3) is 0.250. The summed E-state index contributed by atoms with van der Waals surface area (Å²) in [4.78, 5) is 1.34. The molecule has 0 nitrogen and oxygen atoms in total. The van der Waals surface area contributed by atoms with Crippen LogP contribution in [-0.4, -0.2) is 36.4 Å². The van der Waals surface area contributed by atoms with Gasteiger partial charge in [0.15, 0.2) is 0 Å². The number of aryl methyl sites for hydroxylation is 2. The van der Waals surface area contributed by atoms with E-state index in [9.17, 15) is 0 Å². The summed E-state index contributed by atoms with van der Waals surface area (Å²) < 4.78 is 3.12. The summed E-state index contributed by atoms with van der Waals surface area (Å²) in [6.07, 6.45) is 0. The van der Waals surface area contributed by atoms with Crippen LogP contribution in [0, 0.1) is 13.8 Å². The van der Waals surface area contributed by atoms with E-state index in [1.807, 2.05) is 0 Å². The standard InChI is InChI=1S/2C16H14Br2Se/c2*1-11-7-9-12(10-8-11)14-15(16(14,17)18)19-13-5-3-2-4-6-13/h2*2-10,14-15H,1H3/t2*14-,15+/m00/s1. The second kappa shape index (κ2) is 12.4. The van der Waals surface area contributed by atoms with Crippen molar-refractivity contribution in [1.29, 1.82) is 0 Å². The van der Waals surface area contributed by atoms with E-state index >= 15 is 0 Å². The first-order valence-corrected chi connectivity index (χ1v) is 19.4. The van der Waals surface area contributed by atoms with Crippen LogP contribution >= 0.6 is 63.7 Å². The monoisotopic (exact) mass is 888 g/mol. The molecule has 6 rings (SSSR count). The van der Waals surface area contributed by atoms with Crippen LogP contribution in [0.15, 0.2) is 109 Å². The molecule has 2 aliphatic rings. The molecule has 0 radical (unpaired) electrons. The third-order valence-electron chi connectivity index (χ3n) is 6.86. The average molecular weight is 890 g/mol. The molecule has 0 saturated heterocycles. The van der Waals surface area contributed by atoms with E-state index in [-0.39, 0.29) is 6.47 Å². The van der Waals surface area contributed by atoms with Gasteiger partial charge in [0.25, 0.3) is 0 Å². The number of benzene rings is 4. The third-order valence-corrected chi connectivity index (χ3v) is 19.6. The number of hydrogen-bond acceptors (Lipinski definition) is 0. The SMILES string of the molecule is Cc1ccc([C@H]2[C@@H]([Se]c3ccccc3)C2(Br)Br)cc1.Cc1ccc([C@H]2[C@@H]([Se]c3ccccc3)C2(Br)Br)cc1. The molecule has 0 spiro atoms. The van der Waals surface area contributed by atoms with Crippen LogP contribution in [0.4, 0.5) is 0 Å². The normalized spacial score (nSPS) is 24.2. The van der Waals surface area contributed by atoms with Gasteiger partial charge >= 0.3 is 276 Å². The third kappa shape index (κ3) is 6.82. The Hall–Kier alpha value is -0.161. The Balaban J connectivity index is 0.000000155. The zero-order chi connectivity index (χ0) is 26.9. The molecule has 4 aromatic carbocycles. The van der Waals surface area contributed by atoms with E-state index in [0.29, 0.717) is 51.4 Å². The summed E-state index contributed by atoms with van der Waals surface area (Å²) in [6.45, 7) is 4.27. The first kappa shape index (κ1) is 29.3. The quantitative estimate of drug-likeness (QED) is 0.134. The second-order valence-electron chi connectivity index (χ2n) is 9.83. The minimum atomic E-state index is 0.0884. The van der Waals surface area contributed by atoms with Gasteiger partial charge in [-0.2, -0.15) is 0 Å². The van der Waals surface area contributed by atoms with Gasteiger partial charge in [-0.25, -0.2) is 0 Å². The molecule has 0 amide bonds.